The van der Waals surface area contributed by atoms with Crippen molar-refractivity contribution in [3.05, 3.63) is 35.9 Å². The minimum atomic E-state index is -0.626. The van der Waals surface area contributed by atoms with Crippen LogP contribution in [0.2, 0.25) is 0 Å². The zero-order valence-corrected chi connectivity index (χ0v) is 13.8. The average molecular weight is 332 g/mol. The smallest absolute Gasteiger partial charge is 0.309 e. The van der Waals surface area contributed by atoms with Crippen LogP contribution in [0, 0.1) is 0 Å². The summed E-state index contributed by atoms with van der Waals surface area (Å²) < 4.78 is 11.7. The van der Waals surface area contributed by atoms with E-state index in [0.29, 0.717) is 26.1 Å². The maximum atomic E-state index is 11.8. The van der Waals surface area contributed by atoms with E-state index in [9.17, 15) is 9.59 Å². The van der Waals surface area contributed by atoms with Gasteiger partial charge in [-0.15, -0.1) is 0 Å². The Morgan fingerprint density at radius 2 is 1.79 bits per heavy atom. The third-order valence-corrected chi connectivity index (χ3v) is 4.52. The number of benzene rings is 1. The van der Waals surface area contributed by atoms with E-state index in [1.165, 1.54) is 0 Å². The minimum absolute atomic E-state index is 0.177. The third-order valence-electron chi connectivity index (χ3n) is 4.52. The Hall–Kier alpha value is -1.92. The maximum Gasteiger partial charge on any atom is 0.309 e. The van der Waals surface area contributed by atoms with Gasteiger partial charge in [0.15, 0.2) is 5.79 Å². The summed E-state index contributed by atoms with van der Waals surface area (Å²) in [6, 6.07) is 9.82. The molecule has 1 aromatic carbocycles. The highest BCUT2D eigenvalue weighted by Crippen LogP contribution is 2.38. The predicted molar refractivity (Wildman–Crippen MR) is 88.2 cm³/mol. The molecule has 6 heteroatoms. The molecule has 1 saturated carbocycles. The van der Waals surface area contributed by atoms with Crippen molar-refractivity contribution in [1.29, 1.82) is 0 Å². The van der Waals surface area contributed by atoms with Crippen LogP contribution in [0.1, 0.15) is 31.2 Å². The van der Waals surface area contributed by atoms with E-state index in [4.69, 9.17) is 9.47 Å². The molecular weight excluding hydrogens is 308 g/mol. The Balaban J connectivity index is 1.33. The van der Waals surface area contributed by atoms with Gasteiger partial charge in [0, 0.05) is 25.9 Å². The van der Waals surface area contributed by atoms with Gasteiger partial charge in [0.05, 0.1) is 6.61 Å². The monoisotopic (exact) mass is 332 g/mol. The number of carbonyl (C=O) groups excluding carboxylic acids is 2. The van der Waals surface area contributed by atoms with Crippen LogP contribution in [-0.4, -0.2) is 43.4 Å². The number of hydrogen-bond donors (Lipinski definition) is 2. The Bertz CT molecular complexity index is 570. The molecule has 6 nitrogen and oxygen atoms in total. The SMILES string of the molecule is O=C(NCCc1ccccc1)C(=O)NC[C@H]1COC2(CCCC2)O1. The van der Waals surface area contributed by atoms with Crippen LogP contribution >= 0.6 is 0 Å². The summed E-state index contributed by atoms with van der Waals surface area (Å²) in [7, 11) is 0. The zero-order chi connectivity index (χ0) is 16.8. The van der Waals surface area contributed by atoms with Crippen LogP contribution in [0.5, 0.6) is 0 Å². The second kappa shape index (κ2) is 7.77. The predicted octanol–water partition coefficient (Wildman–Crippen LogP) is 1.15. The summed E-state index contributed by atoms with van der Waals surface area (Å²) in [4.78, 5) is 23.6. The first-order valence-electron chi connectivity index (χ1n) is 8.59. The van der Waals surface area contributed by atoms with Crippen LogP contribution in [0.4, 0.5) is 0 Å². The lowest BCUT2D eigenvalue weighted by atomic mass is 10.1. The first kappa shape index (κ1) is 16.9. The first-order valence-corrected chi connectivity index (χ1v) is 8.59. The number of rotatable bonds is 5. The molecule has 24 heavy (non-hydrogen) atoms. The lowest BCUT2D eigenvalue weighted by molar-refractivity contribution is -0.161. The Morgan fingerprint density at radius 1 is 1.08 bits per heavy atom. The quantitative estimate of drug-likeness (QED) is 0.793. The van der Waals surface area contributed by atoms with Gasteiger partial charge in [-0.25, -0.2) is 0 Å². The van der Waals surface area contributed by atoms with Crippen LogP contribution in [-0.2, 0) is 25.5 Å². The summed E-state index contributed by atoms with van der Waals surface area (Å²) >= 11 is 0. The van der Waals surface area contributed by atoms with Crippen LogP contribution in [0.15, 0.2) is 30.3 Å². The normalized spacial score (nSPS) is 21.8. The zero-order valence-electron chi connectivity index (χ0n) is 13.8. The standard InChI is InChI=1S/C18H24N2O4/c21-16(19-11-8-14-6-2-1-3-7-14)17(22)20-12-15-13-23-18(24-15)9-4-5-10-18/h1-3,6-7,15H,4-5,8-13H2,(H,19,21)(H,20,22)/t15-/m0/s1. The number of nitrogens with one attached hydrogen (secondary N) is 2. The Labute approximate surface area is 141 Å². The van der Waals surface area contributed by atoms with Crippen molar-refractivity contribution < 1.29 is 19.1 Å². The average Bonchev–Trinajstić information content (AvgIpc) is 3.23. The molecule has 1 spiro atoms. The topological polar surface area (TPSA) is 76.7 Å². The molecule has 2 aliphatic rings. The first-order chi connectivity index (χ1) is 11.7. The molecule has 1 aliphatic heterocycles. The Kier molecular flexibility index (Phi) is 5.48. The molecule has 0 aromatic heterocycles. The molecule has 3 rings (SSSR count). The van der Waals surface area contributed by atoms with Crippen LogP contribution in [0.25, 0.3) is 0 Å². The van der Waals surface area contributed by atoms with E-state index < -0.39 is 17.6 Å². The minimum Gasteiger partial charge on any atom is -0.348 e. The summed E-state index contributed by atoms with van der Waals surface area (Å²) in [5.74, 6) is -1.67. The van der Waals surface area contributed by atoms with E-state index in [2.05, 4.69) is 10.6 Å². The molecule has 1 heterocycles. The highest BCUT2D eigenvalue weighted by Gasteiger charge is 2.43. The molecular formula is C18H24N2O4. The summed E-state index contributed by atoms with van der Waals surface area (Å²) in [6.07, 6.45) is 4.58. The molecule has 1 saturated heterocycles. The van der Waals surface area contributed by atoms with Gasteiger partial charge in [0.25, 0.3) is 0 Å². The van der Waals surface area contributed by atoms with Crippen molar-refractivity contribution in [2.45, 2.75) is 44.0 Å². The lowest BCUT2D eigenvalue weighted by Gasteiger charge is -2.21. The molecule has 1 atom stereocenters. The van der Waals surface area contributed by atoms with E-state index in [1.807, 2.05) is 30.3 Å². The number of amides is 2. The van der Waals surface area contributed by atoms with Gasteiger partial charge in [-0.1, -0.05) is 30.3 Å². The molecule has 0 unspecified atom stereocenters. The number of hydrogen-bond acceptors (Lipinski definition) is 4. The molecule has 0 radical (unpaired) electrons. The van der Waals surface area contributed by atoms with Crippen molar-refractivity contribution in [1.82, 2.24) is 10.6 Å². The van der Waals surface area contributed by atoms with E-state index in [1.54, 1.807) is 0 Å². The molecule has 2 N–H and O–H groups in total. The highest BCUT2D eigenvalue weighted by atomic mass is 16.7. The fourth-order valence-corrected chi connectivity index (χ4v) is 3.23. The molecule has 0 bridgehead atoms. The number of carbonyl (C=O) groups is 2. The second-order valence-electron chi connectivity index (χ2n) is 6.37. The van der Waals surface area contributed by atoms with E-state index in [-0.39, 0.29) is 6.10 Å². The van der Waals surface area contributed by atoms with Gasteiger partial charge < -0.3 is 20.1 Å². The van der Waals surface area contributed by atoms with Crippen molar-refractivity contribution in [3.63, 3.8) is 0 Å². The van der Waals surface area contributed by atoms with E-state index >= 15 is 0 Å². The van der Waals surface area contributed by atoms with Crippen molar-refractivity contribution in [2.75, 3.05) is 19.7 Å². The molecule has 130 valence electrons. The third kappa shape index (κ3) is 4.33. The fraction of sp³-hybridized carbons (Fsp3) is 0.556. The molecule has 2 amide bonds. The largest absolute Gasteiger partial charge is 0.348 e. The van der Waals surface area contributed by atoms with Gasteiger partial charge in [0.2, 0.25) is 0 Å². The van der Waals surface area contributed by atoms with Gasteiger partial charge in [-0.2, -0.15) is 0 Å². The van der Waals surface area contributed by atoms with Crippen LogP contribution < -0.4 is 10.6 Å². The van der Waals surface area contributed by atoms with Crippen molar-refractivity contribution in [3.8, 4) is 0 Å². The molecule has 1 aromatic rings. The van der Waals surface area contributed by atoms with Crippen molar-refractivity contribution in [2.24, 2.45) is 0 Å². The van der Waals surface area contributed by atoms with Crippen LogP contribution in [0.3, 0.4) is 0 Å². The molecule has 2 fully saturated rings. The highest BCUT2D eigenvalue weighted by molar-refractivity contribution is 6.35. The fourth-order valence-electron chi connectivity index (χ4n) is 3.23. The van der Waals surface area contributed by atoms with Gasteiger partial charge in [-0.3, -0.25) is 9.59 Å². The van der Waals surface area contributed by atoms with Gasteiger partial charge in [0.1, 0.15) is 6.10 Å². The summed E-state index contributed by atoms with van der Waals surface area (Å²) in [5.41, 5.74) is 1.12. The van der Waals surface area contributed by atoms with E-state index in [0.717, 1.165) is 31.2 Å². The van der Waals surface area contributed by atoms with Crippen molar-refractivity contribution >= 4 is 11.8 Å². The van der Waals surface area contributed by atoms with Gasteiger partial charge >= 0.3 is 11.8 Å². The number of ether oxygens (including phenoxy) is 2. The lowest BCUT2D eigenvalue weighted by Crippen LogP contribution is -2.44. The van der Waals surface area contributed by atoms with Gasteiger partial charge in [-0.05, 0) is 24.8 Å². The Morgan fingerprint density at radius 3 is 2.54 bits per heavy atom. The summed E-state index contributed by atoms with van der Waals surface area (Å²) in [6.45, 7) is 1.20. The maximum absolute atomic E-state index is 11.8. The second-order valence-corrected chi connectivity index (χ2v) is 6.37. The molecule has 1 aliphatic carbocycles. The summed E-state index contributed by atoms with van der Waals surface area (Å²) in [5, 5.41) is 5.26.